The fourth-order valence-corrected chi connectivity index (χ4v) is 8.77. The summed E-state index contributed by atoms with van der Waals surface area (Å²) in [4.78, 5) is 7.25. The maximum absolute atomic E-state index is 6.40. The van der Waals surface area contributed by atoms with Gasteiger partial charge >= 0.3 is 0 Å². The summed E-state index contributed by atoms with van der Waals surface area (Å²) in [7, 11) is 0. The number of aromatic nitrogens is 1. The predicted molar refractivity (Wildman–Crippen MR) is 202 cm³/mol. The molecule has 2 heterocycles. The zero-order valence-corrected chi connectivity index (χ0v) is 27.4. The molecule has 0 bridgehead atoms. The van der Waals surface area contributed by atoms with Crippen LogP contribution in [0.2, 0.25) is 0 Å². The van der Waals surface area contributed by atoms with Gasteiger partial charge in [-0.05, 0) is 94.4 Å². The molecule has 9 aromatic rings. The molecule has 0 saturated carbocycles. The van der Waals surface area contributed by atoms with Crippen molar-refractivity contribution in [1.82, 2.24) is 4.98 Å². The van der Waals surface area contributed by atoms with Gasteiger partial charge in [-0.3, -0.25) is 0 Å². The second-order valence-corrected chi connectivity index (χ2v) is 14.3. The molecule has 0 N–H and O–H groups in total. The third kappa shape index (κ3) is 4.03. The molecule has 0 spiro atoms. The summed E-state index contributed by atoms with van der Waals surface area (Å²) in [6.45, 7) is 4.66. The number of oxazole rings is 1. The van der Waals surface area contributed by atoms with E-state index in [0.29, 0.717) is 5.89 Å². The Balaban J connectivity index is 1.13. The molecule has 0 fully saturated rings. The molecule has 0 radical (unpaired) electrons. The maximum Gasteiger partial charge on any atom is 0.227 e. The number of thiophene rings is 1. The molecule has 228 valence electrons. The third-order valence-electron chi connectivity index (χ3n) is 10.1. The molecule has 0 aliphatic heterocycles. The van der Waals surface area contributed by atoms with Gasteiger partial charge in [0.2, 0.25) is 5.89 Å². The summed E-state index contributed by atoms with van der Waals surface area (Å²) in [5, 5.41) is 4.80. The van der Waals surface area contributed by atoms with E-state index in [1.165, 1.54) is 42.4 Å². The summed E-state index contributed by atoms with van der Waals surface area (Å²) < 4.78 is 9.00. The van der Waals surface area contributed by atoms with Gasteiger partial charge in [0.1, 0.15) is 5.52 Å². The van der Waals surface area contributed by atoms with Crippen LogP contribution in [-0.2, 0) is 5.41 Å². The van der Waals surface area contributed by atoms with Gasteiger partial charge in [-0.2, -0.15) is 0 Å². The van der Waals surface area contributed by atoms with E-state index in [1.54, 1.807) is 0 Å². The maximum atomic E-state index is 6.40. The molecule has 3 nitrogen and oxygen atoms in total. The van der Waals surface area contributed by atoms with Crippen LogP contribution < -0.4 is 4.90 Å². The van der Waals surface area contributed by atoms with Crippen molar-refractivity contribution in [3.63, 3.8) is 0 Å². The highest BCUT2D eigenvalue weighted by Gasteiger charge is 2.35. The van der Waals surface area contributed by atoms with E-state index in [-0.39, 0.29) is 5.41 Å². The second-order valence-electron chi connectivity index (χ2n) is 13.2. The van der Waals surface area contributed by atoms with Crippen molar-refractivity contribution in [2.24, 2.45) is 0 Å². The Hall–Kier alpha value is -5.71. The van der Waals surface area contributed by atoms with E-state index >= 15 is 0 Å². The first-order valence-corrected chi connectivity index (χ1v) is 17.2. The molecule has 7 aromatic carbocycles. The van der Waals surface area contributed by atoms with Crippen molar-refractivity contribution < 1.29 is 4.42 Å². The minimum atomic E-state index is -0.0453. The minimum Gasteiger partial charge on any atom is -0.435 e. The number of hydrogen-bond acceptors (Lipinski definition) is 4. The van der Waals surface area contributed by atoms with Crippen molar-refractivity contribution in [2.75, 3.05) is 4.90 Å². The van der Waals surface area contributed by atoms with Crippen molar-refractivity contribution in [2.45, 2.75) is 19.3 Å². The summed E-state index contributed by atoms with van der Waals surface area (Å²) in [5.74, 6) is 0.627. The fraction of sp³-hybridized carbons (Fsp3) is 0.0682. The number of anilines is 3. The average Bonchev–Trinajstić information content (AvgIpc) is 3.80. The Morgan fingerprint density at radius 1 is 0.562 bits per heavy atom. The first kappa shape index (κ1) is 27.4. The van der Waals surface area contributed by atoms with Crippen LogP contribution in [0.15, 0.2) is 150 Å². The second kappa shape index (κ2) is 10.1. The van der Waals surface area contributed by atoms with Crippen molar-refractivity contribution in [3.05, 3.63) is 157 Å². The standard InChI is InChI=1S/C44H30N2OS/c1-44(2)37-13-7-5-11-33(37)35-25-30(20-22-38(35)44)46(31-21-24-41-36(26-31)34-12-6-8-14-40(34)48-41)29-18-15-28(16-19-29)43-45-39-23-17-27-9-3-4-10-32(27)42(39)47-43/h3-26H,1-2H3. The van der Waals surface area contributed by atoms with Crippen LogP contribution in [-0.4, -0.2) is 4.98 Å². The molecule has 10 rings (SSSR count). The normalized spacial score (nSPS) is 13.4. The van der Waals surface area contributed by atoms with Crippen molar-refractivity contribution in [3.8, 4) is 22.6 Å². The minimum absolute atomic E-state index is 0.0453. The average molecular weight is 635 g/mol. The van der Waals surface area contributed by atoms with Crippen LogP contribution in [0.4, 0.5) is 17.1 Å². The van der Waals surface area contributed by atoms with Gasteiger partial charge in [0.05, 0.1) is 0 Å². The smallest absolute Gasteiger partial charge is 0.227 e. The summed E-state index contributed by atoms with van der Waals surface area (Å²) in [5.41, 5.74) is 11.3. The number of benzene rings is 7. The molecular weight excluding hydrogens is 605 g/mol. The Bertz CT molecular complexity index is 2710. The zero-order valence-electron chi connectivity index (χ0n) is 26.6. The molecule has 0 atom stereocenters. The van der Waals surface area contributed by atoms with Crippen LogP contribution in [0.5, 0.6) is 0 Å². The number of rotatable bonds is 4. The van der Waals surface area contributed by atoms with Gasteiger partial charge in [0.15, 0.2) is 5.58 Å². The van der Waals surface area contributed by atoms with E-state index in [0.717, 1.165) is 44.5 Å². The molecule has 48 heavy (non-hydrogen) atoms. The number of hydrogen-bond donors (Lipinski definition) is 0. The third-order valence-corrected chi connectivity index (χ3v) is 11.2. The first-order chi connectivity index (χ1) is 23.5. The monoisotopic (exact) mass is 634 g/mol. The Morgan fingerprint density at radius 3 is 2.15 bits per heavy atom. The number of fused-ring (bicyclic) bond motifs is 9. The van der Waals surface area contributed by atoms with Gasteiger partial charge < -0.3 is 9.32 Å². The zero-order chi connectivity index (χ0) is 32.0. The van der Waals surface area contributed by atoms with Crippen LogP contribution in [0.3, 0.4) is 0 Å². The topological polar surface area (TPSA) is 29.3 Å². The van der Waals surface area contributed by atoms with Gasteiger partial charge in [0.25, 0.3) is 0 Å². The lowest BCUT2D eigenvalue weighted by Crippen LogP contribution is -2.15. The SMILES string of the molecule is CC1(C)c2ccccc2-c2cc(N(c3ccc(-c4nc5ccc6ccccc6c5o4)cc3)c3ccc4sc5ccccc5c4c3)ccc21. The van der Waals surface area contributed by atoms with Gasteiger partial charge in [-0.25, -0.2) is 4.98 Å². The van der Waals surface area contributed by atoms with Gasteiger partial charge in [-0.15, -0.1) is 11.3 Å². The largest absolute Gasteiger partial charge is 0.435 e. The first-order valence-electron chi connectivity index (χ1n) is 16.4. The quantitative estimate of drug-likeness (QED) is 0.193. The van der Waals surface area contributed by atoms with Gasteiger partial charge in [-0.1, -0.05) is 92.7 Å². The molecule has 2 aromatic heterocycles. The Kier molecular flexibility index (Phi) is 5.79. The van der Waals surface area contributed by atoms with Crippen LogP contribution in [0.1, 0.15) is 25.0 Å². The highest BCUT2D eigenvalue weighted by molar-refractivity contribution is 7.25. The van der Waals surface area contributed by atoms with E-state index in [2.05, 4.69) is 152 Å². The molecule has 0 saturated heterocycles. The van der Waals surface area contributed by atoms with E-state index in [4.69, 9.17) is 9.40 Å². The van der Waals surface area contributed by atoms with E-state index < -0.39 is 0 Å². The fourth-order valence-electron chi connectivity index (χ4n) is 7.68. The lowest BCUT2D eigenvalue weighted by Gasteiger charge is -2.27. The molecule has 0 unspecified atom stereocenters. The lowest BCUT2D eigenvalue weighted by molar-refractivity contribution is 0.623. The highest BCUT2D eigenvalue weighted by Crippen LogP contribution is 2.51. The highest BCUT2D eigenvalue weighted by atomic mass is 32.1. The van der Waals surface area contributed by atoms with Crippen molar-refractivity contribution in [1.29, 1.82) is 0 Å². The number of nitrogens with zero attached hydrogens (tertiary/aromatic N) is 2. The van der Waals surface area contributed by atoms with E-state index in [1.807, 2.05) is 23.5 Å². The lowest BCUT2D eigenvalue weighted by atomic mass is 9.82. The molecule has 0 amide bonds. The molecular formula is C44H30N2OS. The van der Waals surface area contributed by atoms with E-state index in [9.17, 15) is 0 Å². The van der Waals surface area contributed by atoms with Crippen LogP contribution in [0, 0.1) is 0 Å². The van der Waals surface area contributed by atoms with Gasteiger partial charge in [0, 0.05) is 53.6 Å². The van der Waals surface area contributed by atoms with Crippen LogP contribution >= 0.6 is 11.3 Å². The van der Waals surface area contributed by atoms with Crippen LogP contribution in [0.25, 0.3) is 64.6 Å². The molecule has 4 heteroatoms. The van der Waals surface area contributed by atoms with Crippen molar-refractivity contribution >= 4 is 70.4 Å². The summed E-state index contributed by atoms with van der Waals surface area (Å²) in [6, 6.07) is 52.4. The molecule has 1 aliphatic rings. The Morgan fingerprint density at radius 2 is 1.25 bits per heavy atom. The molecule has 1 aliphatic carbocycles. The predicted octanol–water partition coefficient (Wildman–Crippen LogP) is 12.8. The summed E-state index contributed by atoms with van der Waals surface area (Å²) >= 11 is 1.85. The summed E-state index contributed by atoms with van der Waals surface area (Å²) in [6.07, 6.45) is 0. The Labute approximate surface area is 282 Å².